The number of carbonyl (C=O) groups excluding carboxylic acids is 4. The summed E-state index contributed by atoms with van der Waals surface area (Å²) in [6, 6.07) is 6.52. The van der Waals surface area contributed by atoms with Crippen LogP contribution in [0.25, 0.3) is 21.1 Å². The van der Waals surface area contributed by atoms with Gasteiger partial charge in [-0.15, -0.1) is 11.3 Å². The number of thiophene rings is 1. The first-order valence-electron chi connectivity index (χ1n) is 24.2. The molecule has 3 aliphatic heterocycles. The van der Waals surface area contributed by atoms with Crippen molar-refractivity contribution in [3.05, 3.63) is 71.1 Å². The van der Waals surface area contributed by atoms with E-state index in [4.69, 9.17) is 14.0 Å². The first-order valence-corrected chi connectivity index (χ1v) is 25.0. The maximum Gasteiger partial charge on any atom is 0.270 e. The molecule has 0 bridgehead atoms. The molecule has 0 unspecified atom stereocenters. The van der Waals surface area contributed by atoms with E-state index in [1.165, 1.54) is 10.6 Å². The molecule has 4 aromatic heterocycles. The number of rotatable bonds is 15. The van der Waals surface area contributed by atoms with E-state index in [2.05, 4.69) is 25.7 Å². The lowest BCUT2D eigenvalue weighted by molar-refractivity contribution is -0.142. The fourth-order valence-corrected chi connectivity index (χ4v) is 11.1. The average molecular weight is 994 g/mol. The molecule has 3 saturated heterocycles. The van der Waals surface area contributed by atoms with E-state index in [1.54, 1.807) is 59.2 Å². The molecule has 2 N–H and O–H groups in total. The second-order valence-electron chi connectivity index (χ2n) is 19.1. The van der Waals surface area contributed by atoms with Crippen LogP contribution in [0.5, 0.6) is 11.6 Å². The molecular formula is C49H59F4N9O7S. The van der Waals surface area contributed by atoms with Gasteiger partial charge in [0, 0.05) is 81.9 Å². The summed E-state index contributed by atoms with van der Waals surface area (Å²) in [5, 5.41) is 12.0. The molecule has 5 aromatic rings. The highest BCUT2D eigenvalue weighted by atomic mass is 32.1. The number of hydrogen-bond donors (Lipinski definition) is 2. The number of amides is 4. The standard InChI is InChI=1S/C49H59F4N9O7S/c1-29-25-59(48(66)44(56-46(64)30(2)54-3)31-6-12-49(52,53)13-7-31)18-19-60(29)47(65)40-22-32-21-36(50)37(51)24-39(32)62(40)27-43(63)61-15-4-5-33(61)28-67-42-23-35(69-57-42)26-58-16-9-34(10-17-58)68-41-8-14-55-38-11-20-70-45(38)41/h8,11,14,20-24,29-31,33-34,44,54H,4-7,9-10,12-13,15-19,25-28H2,1-3H3,(H,56,64)/t29-,30-,33-,44-/m0/s1. The van der Waals surface area contributed by atoms with Crippen molar-refractivity contribution >= 4 is 56.1 Å². The highest BCUT2D eigenvalue weighted by molar-refractivity contribution is 7.17. The molecule has 9 rings (SSSR count). The number of fused-ring (bicyclic) bond motifs is 2. The van der Waals surface area contributed by atoms with Gasteiger partial charge in [0.05, 0.1) is 34.4 Å². The van der Waals surface area contributed by atoms with E-state index in [0.29, 0.717) is 37.6 Å². The number of nitrogens with one attached hydrogen (secondary N) is 2. The number of piperidine rings is 1. The summed E-state index contributed by atoms with van der Waals surface area (Å²) >= 11 is 1.62. The van der Waals surface area contributed by atoms with Crippen LogP contribution in [-0.2, 0) is 27.5 Å². The third-order valence-electron chi connectivity index (χ3n) is 14.5. The molecule has 0 radical (unpaired) electrons. The number of alkyl halides is 2. The Labute approximate surface area is 406 Å². The lowest BCUT2D eigenvalue weighted by Gasteiger charge is -2.42. The molecule has 376 valence electrons. The molecule has 7 heterocycles. The van der Waals surface area contributed by atoms with E-state index in [9.17, 15) is 36.7 Å². The lowest BCUT2D eigenvalue weighted by Crippen LogP contribution is -2.61. The quantitative estimate of drug-likeness (QED) is 0.114. The number of aromatic nitrogens is 3. The Morgan fingerprint density at radius 3 is 2.49 bits per heavy atom. The van der Waals surface area contributed by atoms with E-state index in [0.717, 1.165) is 54.0 Å². The fourth-order valence-electron chi connectivity index (χ4n) is 10.3. The summed E-state index contributed by atoms with van der Waals surface area (Å²) in [6.45, 7) is 6.01. The first kappa shape index (κ1) is 49.2. The molecule has 4 atom stereocenters. The molecule has 1 aromatic carbocycles. The summed E-state index contributed by atoms with van der Waals surface area (Å²) in [7, 11) is 1.60. The number of pyridine rings is 1. The van der Waals surface area contributed by atoms with Gasteiger partial charge >= 0.3 is 0 Å². The highest BCUT2D eigenvalue weighted by Crippen LogP contribution is 2.38. The van der Waals surface area contributed by atoms with Gasteiger partial charge in [-0.05, 0) is 100 Å². The minimum absolute atomic E-state index is 0.0433. The normalized spacial score (nSPS) is 21.3. The first-order chi connectivity index (χ1) is 33.6. The van der Waals surface area contributed by atoms with Gasteiger partial charge in [0.15, 0.2) is 17.4 Å². The third-order valence-corrected chi connectivity index (χ3v) is 15.4. The van der Waals surface area contributed by atoms with Crippen molar-refractivity contribution in [3.8, 4) is 11.6 Å². The highest BCUT2D eigenvalue weighted by Gasteiger charge is 2.43. The summed E-state index contributed by atoms with van der Waals surface area (Å²) in [6.07, 6.45) is 4.29. The smallest absolute Gasteiger partial charge is 0.270 e. The zero-order valence-corrected chi connectivity index (χ0v) is 40.3. The topological polar surface area (TPSA) is 168 Å². The number of piperazine rings is 1. The number of likely N-dealkylation sites (tertiary alicyclic amines) is 2. The van der Waals surface area contributed by atoms with Crippen LogP contribution in [0.3, 0.4) is 0 Å². The van der Waals surface area contributed by atoms with Gasteiger partial charge in [0.25, 0.3) is 11.8 Å². The molecule has 4 aliphatic rings. The fraction of sp³-hybridized carbons (Fsp3) is 0.551. The van der Waals surface area contributed by atoms with Crippen molar-refractivity contribution in [1.82, 2.24) is 44.9 Å². The van der Waals surface area contributed by atoms with Crippen molar-refractivity contribution < 1.29 is 50.7 Å². The zero-order chi connectivity index (χ0) is 49.3. The van der Waals surface area contributed by atoms with Crippen molar-refractivity contribution in [1.29, 1.82) is 0 Å². The SMILES string of the molecule is CN[C@@H](C)C(=O)N[C@H](C(=O)N1CCN(C(=O)c2cc3cc(F)c(F)cc3n2CC(=O)N2CCC[C@H]2COc2cc(CN3CCC(Oc4ccnc5ccsc45)CC3)on2)[C@@H](C)C1)C1CCC(F)(F)CC1. The van der Waals surface area contributed by atoms with E-state index in [-0.39, 0.29) is 93.1 Å². The van der Waals surface area contributed by atoms with Gasteiger partial charge in [-0.3, -0.25) is 29.1 Å². The summed E-state index contributed by atoms with van der Waals surface area (Å²) in [5.41, 5.74) is 1.14. The van der Waals surface area contributed by atoms with Crippen LogP contribution < -0.4 is 20.1 Å². The number of likely N-dealkylation sites (N-methyl/N-ethyl adjacent to an activating group) is 1. The Kier molecular flexibility index (Phi) is 14.7. The number of benzene rings is 1. The molecule has 1 saturated carbocycles. The maximum atomic E-state index is 14.9. The van der Waals surface area contributed by atoms with E-state index in [1.807, 2.05) is 17.5 Å². The number of ether oxygens (including phenoxy) is 2. The monoisotopic (exact) mass is 993 g/mol. The van der Waals surface area contributed by atoms with Crippen molar-refractivity contribution in [2.75, 3.05) is 52.9 Å². The van der Waals surface area contributed by atoms with Crippen LogP contribution in [0.2, 0.25) is 0 Å². The number of nitrogens with zero attached hydrogens (tertiary/aromatic N) is 7. The Hall–Kier alpha value is -5.80. The van der Waals surface area contributed by atoms with E-state index < -0.39 is 59.3 Å². The number of halogens is 4. The molecular weight excluding hydrogens is 935 g/mol. The second kappa shape index (κ2) is 20.9. The Bertz CT molecular complexity index is 2700. The molecule has 21 heteroatoms. The molecule has 4 fully saturated rings. The van der Waals surface area contributed by atoms with Crippen LogP contribution >= 0.6 is 11.3 Å². The van der Waals surface area contributed by atoms with Crippen molar-refractivity contribution in [2.45, 2.75) is 114 Å². The average Bonchev–Trinajstić information content (AvgIpc) is 4.18. The number of hydrogen-bond acceptors (Lipinski definition) is 12. The second-order valence-corrected chi connectivity index (χ2v) is 20.0. The Morgan fingerprint density at radius 2 is 1.73 bits per heavy atom. The maximum absolute atomic E-state index is 14.9. The third kappa shape index (κ3) is 10.8. The van der Waals surface area contributed by atoms with Crippen LogP contribution in [0.1, 0.15) is 81.5 Å². The van der Waals surface area contributed by atoms with Gasteiger partial charge in [0.2, 0.25) is 23.6 Å². The van der Waals surface area contributed by atoms with Gasteiger partial charge in [-0.25, -0.2) is 17.6 Å². The molecule has 16 nitrogen and oxygen atoms in total. The van der Waals surface area contributed by atoms with E-state index >= 15 is 0 Å². The van der Waals surface area contributed by atoms with Gasteiger partial charge in [-0.1, -0.05) is 0 Å². The van der Waals surface area contributed by atoms with Crippen LogP contribution in [0.4, 0.5) is 17.6 Å². The Balaban J connectivity index is 0.818. The van der Waals surface area contributed by atoms with Gasteiger partial charge in [0.1, 0.15) is 36.7 Å². The molecule has 1 aliphatic carbocycles. The predicted molar refractivity (Wildman–Crippen MR) is 252 cm³/mol. The minimum atomic E-state index is -2.83. The summed E-state index contributed by atoms with van der Waals surface area (Å²) < 4.78 is 78.3. The van der Waals surface area contributed by atoms with Crippen molar-refractivity contribution in [2.24, 2.45) is 5.92 Å². The van der Waals surface area contributed by atoms with Crippen LogP contribution in [0.15, 0.2) is 52.5 Å². The van der Waals surface area contributed by atoms with Crippen molar-refractivity contribution in [3.63, 3.8) is 0 Å². The molecule has 70 heavy (non-hydrogen) atoms. The predicted octanol–water partition coefficient (Wildman–Crippen LogP) is 6.22. The van der Waals surface area contributed by atoms with Crippen LogP contribution in [0, 0.1) is 17.6 Å². The lowest BCUT2D eigenvalue weighted by atomic mass is 9.81. The molecule has 4 amide bonds. The minimum Gasteiger partial charge on any atom is -0.489 e. The molecule has 0 spiro atoms. The zero-order valence-electron chi connectivity index (χ0n) is 39.5. The van der Waals surface area contributed by atoms with Gasteiger partial charge in [-0.2, -0.15) is 0 Å². The largest absolute Gasteiger partial charge is 0.489 e. The summed E-state index contributed by atoms with van der Waals surface area (Å²) in [5.74, 6) is -5.45. The summed E-state index contributed by atoms with van der Waals surface area (Å²) in [4.78, 5) is 67.3. The Morgan fingerprint density at radius 1 is 0.957 bits per heavy atom. The van der Waals surface area contributed by atoms with Crippen LogP contribution in [-0.4, -0.2) is 147 Å². The number of carbonyl (C=O) groups is 4. The van der Waals surface area contributed by atoms with Gasteiger partial charge < -0.3 is 43.9 Å².